The van der Waals surface area contributed by atoms with Crippen molar-refractivity contribution in [3.05, 3.63) is 71.8 Å². The van der Waals surface area contributed by atoms with Gasteiger partial charge in [0.05, 0.1) is 11.9 Å². The zero-order chi connectivity index (χ0) is 17.1. The van der Waals surface area contributed by atoms with E-state index in [-0.39, 0.29) is 17.4 Å². The molecule has 0 bridgehead atoms. The molecule has 7 heteroatoms. The number of benzene rings is 1. The molecule has 0 unspecified atom stereocenters. The molecule has 0 saturated carbocycles. The summed E-state index contributed by atoms with van der Waals surface area (Å²) in [5.41, 5.74) is 2.04. The third kappa shape index (κ3) is 3.19. The number of carbonyl (C=O) groups is 2. The average Bonchev–Trinajstić information content (AvgIpc) is 3.01. The Kier molecular flexibility index (Phi) is 4.15. The van der Waals surface area contributed by atoms with Crippen molar-refractivity contribution < 1.29 is 9.59 Å². The molecule has 1 aromatic carbocycles. The molecular weight excluding hydrogens is 306 g/mol. The summed E-state index contributed by atoms with van der Waals surface area (Å²) in [7, 11) is 1.76. The first-order chi connectivity index (χ1) is 11.5. The molecule has 1 amide bonds. The van der Waals surface area contributed by atoms with E-state index in [1.165, 1.54) is 12.4 Å². The number of aromatic nitrogens is 4. The Morgan fingerprint density at radius 2 is 1.79 bits per heavy atom. The van der Waals surface area contributed by atoms with Gasteiger partial charge in [0.1, 0.15) is 5.69 Å². The molecule has 2 heterocycles. The van der Waals surface area contributed by atoms with Crippen molar-refractivity contribution in [1.82, 2.24) is 19.5 Å². The fraction of sp³-hybridized carbons (Fsp3) is 0.118. The standard InChI is InChI=1S/C17H15N5O2/c1-11-9-20-14(10-19-11)17(24)21-13-5-3-12(4-6-13)15(23)16-18-7-8-22(16)2/h3-10H,1-2H3,(H,21,24). The van der Waals surface area contributed by atoms with Gasteiger partial charge in [0, 0.05) is 36.9 Å². The normalized spacial score (nSPS) is 10.4. The monoisotopic (exact) mass is 321 g/mol. The van der Waals surface area contributed by atoms with Gasteiger partial charge in [-0.1, -0.05) is 0 Å². The topological polar surface area (TPSA) is 89.8 Å². The molecule has 0 spiro atoms. The number of ketones is 1. The van der Waals surface area contributed by atoms with Gasteiger partial charge in [0.2, 0.25) is 5.78 Å². The quantitative estimate of drug-likeness (QED) is 0.742. The summed E-state index contributed by atoms with van der Waals surface area (Å²) in [6.45, 7) is 1.80. The molecule has 0 aliphatic heterocycles. The van der Waals surface area contributed by atoms with Gasteiger partial charge < -0.3 is 9.88 Å². The lowest BCUT2D eigenvalue weighted by Crippen LogP contribution is -2.14. The third-order valence-corrected chi connectivity index (χ3v) is 3.44. The Hall–Kier alpha value is -3.35. The number of nitrogens with zero attached hydrogens (tertiary/aromatic N) is 4. The number of hydrogen-bond donors (Lipinski definition) is 1. The van der Waals surface area contributed by atoms with Crippen molar-refractivity contribution in [2.75, 3.05) is 5.32 Å². The highest BCUT2D eigenvalue weighted by atomic mass is 16.2. The molecular formula is C17H15N5O2. The second-order valence-corrected chi connectivity index (χ2v) is 5.27. The van der Waals surface area contributed by atoms with Gasteiger partial charge in [-0.3, -0.25) is 14.6 Å². The molecule has 3 rings (SSSR count). The zero-order valence-corrected chi connectivity index (χ0v) is 13.2. The zero-order valence-electron chi connectivity index (χ0n) is 13.2. The van der Waals surface area contributed by atoms with Gasteiger partial charge in [0.15, 0.2) is 5.82 Å². The number of hydrogen-bond acceptors (Lipinski definition) is 5. The molecule has 7 nitrogen and oxygen atoms in total. The maximum atomic E-state index is 12.3. The van der Waals surface area contributed by atoms with Gasteiger partial charge in [-0.25, -0.2) is 9.97 Å². The van der Waals surface area contributed by atoms with E-state index < -0.39 is 0 Å². The summed E-state index contributed by atoms with van der Waals surface area (Å²) < 4.78 is 1.66. The Morgan fingerprint density at radius 3 is 2.38 bits per heavy atom. The van der Waals surface area contributed by atoms with Crippen LogP contribution in [0.1, 0.15) is 32.4 Å². The molecule has 0 fully saturated rings. The van der Waals surface area contributed by atoms with Crippen LogP contribution in [0.5, 0.6) is 0 Å². The summed E-state index contributed by atoms with van der Waals surface area (Å²) in [5, 5.41) is 2.72. The molecule has 1 N–H and O–H groups in total. The van der Waals surface area contributed by atoms with Crippen molar-refractivity contribution in [1.29, 1.82) is 0 Å². The summed E-state index contributed by atoms with van der Waals surface area (Å²) in [6.07, 6.45) is 6.24. The smallest absolute Gasteiger partial charge is 0.275 e. The van der Waals surface area contributed by atoms with Crippen LogP contribution in [0, 0.1) is 6.92 Å². The van der Waals surface area contributed by atoms with E-state index >= 15 is 0 Å². The number of nitrogens with one attached hydrogen (secondary N) is 1. The van der Waals surface area contributed by atoms with E-state index in [9.17, 15) is 9.59 Å². The fourth-order valence-corrected chi connectivity index (χ4v) is 2.12. The first-order valence-corrected chi connectivity index (χ1v) is 7.26. The molecule has 0 saturated heterocycles. The Morgan fingerprint density at radius 1 is 1.04 bits per heavy atom. The van der Waals surface area contributed by atoms with E-state index in [0.29, 0.717) is 17.1 Å². The first-order valence-electron chi connectivity index (χ1n) is 7.26. The fourth-order valence-electron chi connectivity index (χ4n) is 2.12. The molecule has 0 atom stereocenters. The van der Waals surface area contributed by atoms with Crippen LogP contribution in [0.4, 0.5) is 5.69 Å². The Labute approximate surface area is 138 Å². The number of carbonyl (C=O) groups excluding carboxylic acids is 2. The van der Waals surface area contributed by atoms with Crippen LogP contribution in [0.2, 0.25) is 0 Å². The molecule has 3 aromatic rings. The lowest BCUT2D eigenvalue weighted by atomic mass is 10.1. The first kappa shape index (κ1) is 15.5. The Balaban J connectivity index is 1.73. The van der Waals surface area contributed by atoms with Crippen LogP contribution >= 0.6 is 0 Å². The van der Waals surface area contributed by atoms with Crippen molar-refractivity contribution in [3.63, 3.8) is 0 Å². The molecule has 0 aliphatic rings. The lowest BCUT2D eigenvalue weighted by molar-refractivity contribution is 0.101. The molecule has 0 aliphatic carbocycles. The van der Waals surface area contributed by atoms with Crippen LogP contribution < -0.4 is 5.32 Å². The average molecular weight is 321 g/mol. The molecule has 2 aromatic heterocycles. The number of imidazole rings is 1. The minimum atomic E-state index is -0.356. The molecule has 120 valence electrons. The SMILES string of the molecule is Cc1cnc(C(=O)Nc2ccc(C(=O)c3nccn3C)cc2)cn1. The highest BCUT2D eigenvalue weighted by molar-refractivity contribution is 6.07. The van der Waals surface area contributed by atoms with Crippen LogP contribution in [0.25, 0.3) is 0 Å². The van der Waals surface area contributed by atoms with Gasteiger partial charge >= 0.3 is 0 Å². The third-order valence-electron chi connectivity index (χ3n) is 3.44. The van der Waals surface area contributed by atoms with E-state index in [0.717, 1.165) is 5.69 Å². The van der Waals surface area contributed by atoms with Gasteiger partial charge in [-0.05, 0) is 31.2 Å². The van der Waals surface area contributed by atoms with Crippen LogP contribution in [0.15, 0.2) is 49.1 Å². The van der Waals surface area contributed by atoms with Crippen molar-refractivity contribution in [2.45, 2.75) is 6.92 Å². The van der Waals surface area contributed by atoms with Crippen LogP contribution in [-0.2, 0) is 7.05 Å². The van der Waals surface area contributed by atoms with Gasteiger partial charge in [-0.15, -0.1) is 0 Å². The Bertz CT molecular complexity index is 882. The summed E-state index contributed by atoms with van der Waals surface area (Å²) in [5.74, 6) is -0.169. The van der Waals surface area contributed by atoms with E-state index in [1.54, 1.807) is 55.2 Å². The van der Waals surface area contributed by atoms with E-state index in [2.05, 4.69) is 20.3 Å². The number of aryl methyl sites for hydroxylation is 2. The van der Waals surface area contributed by atoms with Crippen molar-refractivity contribution >= 4 is 17.4 Å². The van der Waals surface area contributed by atoms with Crippen molar-refractivity contribution in [2.24, 2.45) is 7.05 Å². The highest BCUT2D eigenvalue weighted by Crippen LogP contribution is 2.13. The van der Waals surface area contributed by atoms with Crippen LogP contribution in [0.3, 0.4) is 0 Å². The summed E-state index contributed by atoms with van der Waals surface area (Å²) in [6, 6.07) is 6.62. The van der Waals surface area contributed by atoms with E-state index in [1.807, 2.05) is 0 Å². The van der Waals surface area contributed by atoms with Gasteiger partial charge in [-0.2, -0.15) is 0 Å². The maximum absolute atomic E-state index is 12.3. The van der Waals surface area contributed by atoms with E-state index in [4.69, 9.17) is 0 Å². The lowest BCUT2D eigenvalue weighted by Gasteiger charge is -2.06. The number of amides is 1. The minimum absolute atomic E-state index is 0.176. The predicted octanol–water partition coefficient (Wildman–Crippen LogP) is 2.00. The highest BCUT2D eigenvalue weighted by Gasteiger charge is 2.14. The van der Waals surface area contributed by atoms with Crippen molar-refractivity contribution in [3.8, 4) is 0 Å². The predicted molar refractivity (Wildman–Crippen MR) is 87.8 cm³/mol. The number of anilines is 1. The largest absolute Gasteiger partial charge is 0.331 e. The summed E-state index contributed by atoms with van der Waals surface area (Å²) >= 11 is 0. The maximum Gasteiger partial charge on any atom is 0.275 e. The molecule has 24 heavy (non-hydrogen) atoms. The van der Waals surface area contributed by atoms with Crippen LogP contribution in [-0.4, -0.2) is 31.2 Å². The second-order valence-electron chi connectivity index (χ2n) is 5.27. The number of rotatable bonds is 4. The molecule has 0 radical (unpaired) electrons. The summed E-state index contributed by atoms with van der Waals surface area (Å²) in [4.78, 5) is 36.5. The van der Waals surface area contributed by atoms with Gasteiger partial charge in [0.25, 0.3) is 5.91 Å². The second kappa shape index (κ2) is 6.41. The minimum Gasteiger partial charge on any atom is -0.331 e.